The summed E-state index contributed by atoms with van der Waals surface area (Å²) < 4.78 is 21.6. The second-order valence-corrected chi connectivity index (χ2v) is 5.99. The van der Waals surface area contributed by atoms with Crippen LogP contribution < -0.4 is 0 Å². The molecule has 0 amide bonds. The summed E-state index contributed by atoms with van der Waals surface area (Å²) in [5, 5.41) is 0. The normalized spacial score (nSPS) is 35.4. The Hall–Kier alpha value is 0.680. The van der Waals surface area contributed by atoms with Crippen LogP contribution in [0.3, 0.4) is 0 Å². The Morgan fingerprint density at radius 3 is 2.25 bits per heavy atom. The number of rotatable bonds is 0. The minimum absolute atomic E-state index is 0.373. The molecule has 1 rings (SSSR count). The van der Waals surface area contributed by atoms with Gasteiger partial charge >= 0.3 is 0 Å². The van der Waals surface area contributed by atoms with E-state index < -0.39 is 9.84 Å². The second-order valence-electron chi connectivity index (χ2n) is 2.00. The molecule has 1 aliphatic heterocycles. The summed E-state index contributed by atoms with van der Waals surface area (Å²) in [7, 11) is -2.60. The highest BCUT2D eigenvalue weighted by Gasteiger charge is 2.24. The van der Waals surface area contributed by atoms with Gasteiger partial charge in [0.25, 0.3) is 0 Å². The van der Waals surface area contributed by atoms with Gasteiger partial charge in [0.15, 0.2) is 9.84 Å². The van der Waals surface area contributed by atoms with Crippen molar-refractivity contribution < 1.29 is 8.42 Å². The average molecular weight is 246 g/mol. The fraction of sp³-hybridized carbons (Fsp3) is 1.00. The summed E-state index contributed by atoms with van der Waals surface area (Å²) in [5.41, 5.74) is 0. The molecule has 0 aromatic heterocycles. The lowest BCUT2D eigenvalue weighted by Crippen LogP contribution is -2.02. The van der Waals surface area contributed by atoms with E-state index in [9.17, 15) is 8.42 Å². The van der Waals surface area contributed by atoms with Crippen LogP contribution in [0.25, 0.3) is 0 Å². The molecule has 0 aromatic rings. The molecule has 0 unspecified atom stereocenters. The van der Waals surface area contributed by atoms with E-state index in [1.165, 1.54) is 0 Å². The third-order valence-electron chi connectivity index (χ3n) is 1.18. The number of sulfone groups is 1. The van der Waals surface area contributed by atoms with Crippen LogP contribution in [0.5, 0.6) is 0 Å². The minimum Gasteiger partial charge on any atom is -0.229 e. The van der Waals surface area contributed by atoms with Gasteiger partial charge in [-0.3, -0.25) is 0 Å². The van der Waals surface area contributed by atoms with Gasteiger partial charge in [0.2, 0.25) is 0 Å². The monoisotopic (exact) mass is 246 g/mol. The Balaban J connectivity index is 2.71. The molecule has 1 aliphatic rings. The van der Waals surface area contributed by atoms with E-state index in [0.717, 1.165) is 6.42 Å². The average Bonchev–Trinajstić information content (AvgIpc) is 1.82. The van der Waals surface area contributed by atoms with Crippen molar-refractivity contribution in [3.05, 3.63) is 0 Å². The molecule has 0 spiro atoms. The SMILES string of the molecule is O=S1(=O)CC[C@H](I)C1. The molecule has 1 heterocycles. The van der Waals surface area contributed by atoms with Gasteiger partial charge in [0, 0.05) is 3.92 Å². The van der Waals surface area contributed by atoms with Gasteiger partial charge in [0.05, 0.1) is 11.5 Å². The van der Waals surface area contributed by atoms with Gasteiger partial charge in [-0.15, -0.1) is 0 Å². The number of halogens is 1. The number of hydrogen-bond acceptors (Lipinski definition) is 2. The van der Waals surface area contributed by atoms with E-state index in [2.05, 4.69) is 22.6 Å². The number of alkyl halides is 1. The van der Waals surface area contributed by atoms with Crippen molar-refractivity contribution in [3.63, 3.8) is 0 Å². The van der Waals surface area contributed by atoms with Crippen molar-refractivity contribution in [2.45, 2.75) is 10.3 Å². The van der Waals surface area contributed by atoms with Crippen LogP contribution in [0, 0.1) is 0 Å². The van der Waals surface area contributed by atoms with E-state index in [4.69, 9.17) is 0 Å². The highest BCUT2D eigenvalue weighted by atomic mass is 127. The van der Waals surface area contributed by atoms with Crippen LogP contribution in [0.1, 0.15) is 6.42 Å². The first-order valence-electron chi connectivity index (χ1n) is 2.45. The summed E-state index contributed by atoms with van der Waals surface area (Å²) in [6.45, 7) is 0. The molecule has 2 nitrogen and oxygen atoms in total. The fourth-order valence-corrected chi connectivity index (χ4v) is 4.66. The van der Waals surface area contributed by atoms with E-state index in [1.54, 1.807) is 0 Å². The Labute approximate surface area is 62.7 Å². The van der Waals surface area contributed by atoms with Crippen molar-refractivity contribution in [3.8, 4) is 0 Å². The lowest BCUT2D eigenvalue weighted by Gasteiger charge is -1.88. The van der Waals surface area contributed by atoms with Gasteiger partial charge in [-0.1, -0.05) is 22.6 Å². The topological polar surface area (TPSA) is 34.1 Å². The number of hydrogen-bond donors (Lipinski definition) is 0. The Bertz CT molecular complexity index is 172. The van der Waals surface area contributed by atoms with E-state index in [-0.39, 0.29) is 0 Å². The van der Waals surface area contributed by atoms with Crippen LogP contribution >= 0.6 is 22.6 Å². The Morgan fingerprint density at radius 2 is 2.12 bits per heavy atom. The van der Waals surface area contributed by atoms with Gasteiger partial charge in [-0.2, -0.15) is 0 Å². The molecule has 8 heavy (non-hydrogen) atoms. The van der Waals surface area contributed by atoms with Crippen LogP contribution in [0.2, 0.25) is 0 Å². The molecule has 0 N–H and O–H groups in total. The van der Waals surface area contributed by atoms with Gasteiger partial charge < -0.3 is 0 Å². The van der Waals surface area contributed by atoms with Crippen LogP contribution in [-0.4, -0.2) is 23.8 Å². The second kappa shape index (κ2) is 2.13. The van der Waals surface area contributed by atoms with E-state index in [1.807, 2.05) is 0 Å². The van der Waals surface area contributed by atoms with E-state index >= 15 is 0 Å². The first kappa shape index (κ1) is 6.80. The standard InChI is InChI=1S/C4H7IO2S/c5-4-1-2-8(6,7)3-4/h4H,1-3H2/t4-/m0/s1. The van der Waals surface area contributed by atoms with E-state index in [0.29, 0.717) is 15.4 Å². The van der Waals surface area contributed by atoms with Crippen molar-refractivity contribution in [1.82, 2.24) is 0 Å². The van der Waals surface area contributed by atoms with Crippen molar-refractivity contribution in [1.29, 1.82) is 0 Å². The molecule has 0 radical (unpaired) electrons. The van der Waals surface area contributed by atoms with Gasteiger partial charge in [-0.05, 0) is 6.42 Å². The smallest absolute Gasteiger partial charge is 0.151 e. The first-order valence-corrected chi connectivity index (χ1v) is 5.51. The molecule has 0 saturated carbocycles. The Morgan fingerprint density at radius 1 is 1.50 bits per heavy atom. The summed E-state index contributed by atoms with van der Waals surface area (Å²) in [4.78, 5) is 0. The molecular weight excluding hydrogens is 239 g/mol. The van der Waals surface area contributed by atoms with Gasteiger partial charge in [-0.25, -0.2) is 8.42 Å². The van der Waals surface area contributed by atoms with Crippen molar-refractivity contribution in [2.24, 2.45) is 0 Å². The van der Waals surface area contributed by atoms with Crippen molar-refractivity contribution in [2.75, 3.05) is 11.5 Å². The third-order valence-corrected chi connectivity index (χ3v) is 4.61. The predicted octanol–water partition coefficient (Wildman–Crippen LogP) is 0.609. The zero-order valence-electron chi connectivity index (χ0n) is 4.30. The summed E-state index contributed by atoms with van der Waals surface area (Å²) in [5.74, 6) is 0.800. The quantitative estimate of drug-likeness (QED) is 0.463. The molecule has 4 heteroatoms. The molecule has 0 aliphatic carbocycles. The maximum atomic E-state index is 10.6. The van der Waals surface area contributed by atoms with Crippen LogP contribution in [-0.2, 0) is 9.84 Å². The zero-order valence-corrected chi connectivity index (χ0v) is 7.28. The summed E-state index contributed by atoms with van der Waals surface area (Å²) in [6.07, 6.45) is 0.850. The summed E-state index contributed by atoms with van der Waals surface area (Å²) in [6, 6.07) is 0. The predicted molar refractivity (Wildman–Crippen MR) is 41.1 cm³/mol. The zero-order chi connectivity index (χ0) is 6.20. The Kier molecular flexibility index (Phi) is 1.81. The fourth-order valence-electron chi connectivity index (χ4n) is 0.750. The molecule has 1 fully saturated rings. The van der Waals surface area contributed by atoms with Crippen LogP contribution in [0.15, 0.2) is 0 Å². The van der Waals surface area contributed by atoms with Crippen molar-refractivity contribution >= 4 is 32.4 Å². The molecular formula is C4H7IO2S. The molecule has 0 bridgehead atoms. The molecule has 1 saturated heterocycles. The highest BCUT2D eigenvalue weighted by Crippen LogP contribution is 2.18. The molecule has 1 atom stereocenters. The third kappa shape index (κ3) is 1.58. The summed E-state index contributed by atoms with van der Waals surface area (Å²) >= 11 is 2.18. The van der Waals surface area contributed by atoms with Gasteiger partial charge in [0.1, 0.15) is 0 Å². The molecule has 48 valence electrons. The molecule has 0 aromatic carbocycles. The lowest BCUT2D eigenvalue weighted by molar-refractivity contribution is 0.602. The maximum absolute atomic E-state index is 10.6. The lowest BCUT2D eigenvalue weighted by atomic mass is 10.4. The minimum atomic E-state index is -2.60. The largest absolute Gasteiger partial charge is 0.229 e. The maximum Gasteiger partial charge on any atom is 0.151 e. The highest BCUT2D eigenvalue weighted by molar-refractivity contribution is 14.1. The van der Waals surface area contributed by atoms with Crippen LogP contribution in [0.4, 0.5) is 0 Å². The first-order chi connectivity index (χ1) is 3.60.